The molecule has 0 spiro atoms. The molecule has 0 atom stereocenters. The van der Waals surface area contributed by atoms with E-state index >= 15 is 0 Å². The third-order valence-electron chi connectivity index (χ3n) is 3.04. The summed E-state index contributed by atoms with van der Waals surface area (Å²) in [5.41, 5.74) is 0.313. The van der Waals surface area contributed by atoms with Crippen LogP contribution in [0.15, 0.2) is 18.5 Å². The Kier molecular flexibility index (Phi) is 3.39. The minimum Gasteiger partial charge on any atom is -0.345 e. The monoisotopic (exact) mass is 239 g/mol. The van der Waals surface area contributed by atoms with E-state index in [0.717, 1.165) is 25.7 Å². The van der Waals surface area contributed by atoms with Gasteiger partial charge in [0.25, 0.3) is 5.91 Å². The lowest BCUT2D eigenvalue weighted by Gasteiger charge is -2.27. The predicted molar refractivity (Wildman–Crippen MR) is 61.4 cm³/mol. The predicted octanol–water partition coefficient (Wildman–Crippen LogP) is 1.76. The van der Waals surface area contributed by atoms with Crippen LogP contribution in [-0.2, 0) is 0 Å². The molecule has 0 aliphatic heterocycles. The zero-order valence-electron chi connectivity index (χ0n) is 8.95. The zero-order valence-corrected chi connectivity index (χ0v) is 9.70. The molecule has 1 N–H and O–H groups in total. The summed E-state index contributed by atoms with van der Waals surface area (Å²) in [5.74, 6) is 0.356. The van der Waals surface area contributed by atoms with Crippen LogP contribution in [-0.4, -0.2) is 27.5 Å². The van der Waals surface area contributed by atoms with Gasteiger partial charge < -0.3 is 5.32 Å². The molecule has 1 amide bonds. The second-order valence-corrected chi connectivity index (χ2v) is 4.47. The van der Waals surface area contributed by atoms with Gasteiger partial charge in [-0.05, 0) is 18.9 Å². The first-order valence-electron chi connectivity index (χ1n) is 5.41. The van der Waals surface area contributed by atoms with Crippen molar-refractivity contribution < 1.29 is 4.79 Å². The molecule has 1 saturated carbocycles. The second-order valence-electron chi connectivity index (χ2n) is 4.21. The molecule has 0 aromatic carbocycles. The van der Waals surface area contributed by atoms with Crippen molar-refractivity contribution in [1.82, 2.24) is 15.5 Å². The molecule has 1 aliphatic rings. The molecule has 1 aliphatic carbocycles. The van der Waals surface area contributed by atoms with Crippen LogP contribution in [0.25, 0.3) is 0 Å². The zero-order chi connectivity index (χ0) is 11.4. The Hall–Kier alpha value is -1.16. The maximum absolute atomic E-state index is 11.9. The first-order chi connectivity index (χ1) is 7.76. The highest BCUT2D eigenvalue weighted by Crippen LogP contribution is 2.30. The molecule has 16 heavy (non-hydrogen) atoms. The lowest BCUT2D eigenvalue weighted by molar-refractivity contribution is 0.0909. The number of hydrogen-bond donors (Lipinski definition) is 1. The summed E-state index contributed by atoms with van der Waals surface area (Å²) in [6, 6.07) is 1.65. The van der Waals surface area contributed by atoms with Crippen molar-refractivity contribution in [2.45, 2.75) is 31.2 Å². The molecule has 0 unspecified atom stereocenters. The molecular weight excluding hydrogens is 226 g/mol. The van der Waals surface area contributed by atoms with Crippen molar-refractivity contribution >= 4 is 17.5 Å². The van der Waals surface area contributed by atoms with Crippen molar-refractivity contribution in [3.8, 4) is 0 Å². The van der Waals surface area contributed by atoms with Crippen LogP contribution in [0.1, 0.15) is 36.0 Å². The Labute approximate surface area is 99.4 Å². The van der Waals surface area contributed by atoms with Gasteiger partial charge in [0, 0.05) is 5.88 Å². The average molecular weight is 240 g/mol. The third-order valence-corrected chi connectivity index (χ3v) is 3.55. The number of aromatic nitrogens is 2. The number of alkyl halides is 1. The van der Waals surface area contributed by atoms with Gasteiger partial charge in [0.15, 0.2) is 0 Å². The Morgan fingerprint density at radius 2 is 2.19 bits per heavy atom. The van der Waals surface area contributed by atoms with Crippen LogP contribution in [0, 0.1) is 0 Å². The first kappa shape index (κ1) is 11.3. The van der Waals surface area contributed by atoms with E-state index in [1.54, 1.807) is 6.07 Å². The standard InChI is InChI=1S/C11H14ClN3O/c12-8-11(4-1-2-5-11)15-10(16)9-3-6-13-14-7-9/h3,6-7H,1-2,4-5,8H2,(H,15,16). The Bertz CT molecular complexity index is 363. The summed E-state index contributed by atoms with van der Waals surface area (Å²) >= 11 is 5.95. The van der Waals surface area contributed by atoms with E-state index in [1.807, 2.05) is 0 Å². The molecule has 1 fully saturated rings. The summed E-state index contributed by atoms with van der Waals surface area (Å²) in [6.45, 7) is 0. The molecule has 2 rings (SSSR count). The van der Waals surface area contributed by atoms with Gasteiger partial charge in [-0.2, -0.15) is 10.2 Å². The minimum absolute atomic E-state index is 0.113. The lowest BCUT2D eigenvalue weighted by Crippen LogP contribution is -2.47. The van der Waals surface area contributed by atoms with Crippen LogP contribution >= 0.6 is 11.6 Å². The van der Waals surface area contributed by atoms with Crippen molar-refractivity contribution in [3.63, 3.8) is 0 Å². The first-order valence-corrected chi connectivity index (χ1v) is 5.94. The normalized spacial score (nSPS) is 18.3. The van der Waals surface area contributed by atoms with E-state index in [9.17, 15) is 4.79 Å². The highest BCUT2D eigenvalue weighted by atomic mass is 35.5. The highest BCUT2D eigenvalue weighted by molar-refractivity contribution is 6.19. The fourth-order valence-electron chi connectivity index (χ4n) is 2.08. The smallest absolute Gasteiger partial charge is 0.253 e. The summed E-state index contributed by atoms with van der Waals surface area (Å²) in [4.78, 5) is 11.9. The van der Waals surface area contributed by atoms with Crippen LogP contribution in [0.5, 0.6) is 0 Å². The molecule has 5 heteroatoms. The van der Waals surface area contributed by atoms with Crippen LogP contribution in [0.3, 0.4) is 0 Å². The molecule has 1 aromatic heterocycles. The molecule has 0 bridgehead atoms. The molecule has 1 aromatic rings. The van der Waals surface area contributed by atoms with Crippen LogP contribution in [0.2, 0.25) is 0 Å². The quantitative estimate of drug-likeness (QED) is 0.818. The molecule has 0 saturated heterocycles. The topological polar surface area (TPSA) is 54.9 Å². The van der Waals surface area contributed by atoms with Gasteiger partial charge in [0.05, 0.1) is 23.5 Å². The largest absolute Gasteiger partial charge is 0.345 e. The number of amides is 1. The van der Waals surface area contributed by atoms with E-state index in [2.05, 4.69) is 15.5 Å². The third kappa shape index (κ3) is 2.32. The van der Waals surface area contributed by atoms with Crippen molar-refractivity contribution in [2.24, 2.45) is 0 Å². The van der Waals surface area contributed by atoms with Gasteiger partial charge in [-0.3, -0.25) is 4.79 Å². The number of nitrogens with zero attached hydrogens (tertiary/aromatic N) is 2. The maximum atomic E-state index is 11.9. The number of halogens is 1. The van der Waals surface area contributed by atoms with Crippen molar-refractivity contribution in [3.05, 3.63) is 24.0 Å². The van der Waals surface area contributed by atoms with E-state index in [4.69, 9.17) is 11.6 Å². The average Bonchev–Trinajstić information content (AvgIpc) is 2.79. The van der Waals surface area contributed by atoms with Gasteiger partial charge in [-0.15, -0.1) is 11.6 Å². The SMILES string of the molecule is O=C(NC1(CCl)CCCC1)c1ccnnc1. The summed E-state index contributed by atoms with van der Waals surface area (Å²) in [6.07, 6.45) is 7.15. The summed E-state index contributed by atoms with van der Waals surface area (Å²) in [5, 5.41) is 10.3. The van der Waals surface area contributed by atoms with Crippen LogP contribution < -0.4 is 5.32 Å². The van der Waals surface area contributed by atoms with Crippen LogP contribution in [0.4, 0.5) is 0 Å². The van der Waals surface area contributed by atoms with Gasteiger partial charge in [-0.25, -0.2) is 0 Å². The van der Waals surface area contributed by atoms with Gasteiger partial charge in [-0.1, -0.05) is 12.8 Å². The van der Waals surface area contributed by atoms with Gasteiger partial charge in [0.2, 0.25) is 0 Å². The second kappa shape index (κ2) is 4.78. The Morgan fingerprint density at radius 3 is 2.75 bits per heavy atom. The molecule has 4 nitrogen and oxygen atoms in total. The summed E-state index contributed by atoms with van der Waals surface area (Å²) in [7, 11) is 0. The number of nitrogens with one attached hydrogen (secondary N) is 1. The Balaban J connectivity index is 2.07. The van der Waals surface area contributed by atoms with Crippen molar-refractivity contribution in [1.29, 1.82) is 0 Å². The highest BCUT2D eigenvalue weighted by Gasteiger charge is 2.34. The van der Waals surface area contributed by atoms with Crippen molar-refractivity contribution in [2.75, 3.05) is 5.88 Å². The lowest BCUT2D eigenvalue weighted by atomic mass is 10.00. The minimum atomic E-state index is -0.220. The Morgan fingerprint density at radius 1 is 1.44 bits per heavy atom. The fourth-order valence-corrected chi connectivity index (χ4v) is 2.42. The van der Waals surface area contributed by atoms with Gasteiger partial charge >= 0.3 is 0 Å². The van der Waals surface area contributed by atoms with E-state index in [0.29, 0.717) is 11.4 Å². The molecule has 86 valence electrons. The molecule has 0 radical (unpaired) electrons. The molecule has 1 heterocycles. The number of hydrogen-bond acceptors (Lipinski definition) is 3. The number of rotatable bonds is 3. The molecular formula is C11H14ClN3O. The van der Waals surface area contributed by atoms with E-state index in [-0.39, 0.29) is 11.4 Å². The fraction of sp³-hybridized carbons (Fsp3) is 0.545. The number of carbonyl (C=O) groups excluding carboxylic acids is 1. The maximum Gasteiger partial charge on any atom is 0.253 e. The van der Waals surface area contributed by atoms with E-state index in [1.165, 1.54) is 12.4 Å². The van der Waals surface area contributed by atoms with Gasteiger partial charge in [0.1, 0.15) is 0 Å². The summed E-state index contributed by atoms with van der Waals surface area (Å²) < 4.78 is 0. The van der Waals surface area contributed by atoms with E-state index < -0.39 is 0 Å². The number of carbonyl (C=O) groups is 1.